The van der Waals surface area contributed by atoms with Crippen molar-refractivity contribution in [2.45, 2.75) is 90.4 Å². The molecule has 14 nitrogen and oxygen atoms in total. The van der Waals surface area contributed by atoms with E-state index >= 15 is 0 Å². The maximum Gasteiger partial charge on any atom is 0.326 e. The zero-order valence-corrected chi connectivity index (χ0v) is 26.8. The predicted octanol–water partition coefficient (Wildman–Crippen LogP) is -0.451. The van der Waals surface area contributed by atoms with Gasteiger partial charge in [-0.25, -0.2) is 4.79 Å². The van der Waals surface area contributed by atoms with E-state index in [1.807, 2.05) is 27.7 Å². The monoisotopic (exact) mass is 633 g/mol. The lowest BCUT2D eigenvalue weighted by atomic mass is 10.0. The first-order valence-electron chi connectivity index (χ1n) is 15.4. The Morgan fingerprint density at radius 3 is 1.87 bits per heavy atom. The van der Waals surface area contributed by atoms with Gasteiger partial charge in [0.1, 0.15) is 18.1 Å². The number of carbonyl (C=O) groups excluding carboxylic acids is 5. The second-order valence-electron chi connectivity index (χ2n) is 11.9. The molecule has 0 aromatic heterocycles. The van der Waals surface area contributed by atoms with Crippen LogP contribution in [0.1, 0.15) is 65.4 Å². The molecule has 0 saturated heterocycles. The number of benzene rings is 1. The summed E-state index contributed by atoms with van der Waals surface area (Å²) in [5.41, 5.74) is 12.0. The zero-order valence-electron chi connectivity index (χ0n) is 26.8. The van der Waals surface area contributed by atoms with E-state index in [1.54, 1.807) is 30.3 Å². The molecule has 10 N–H and O–H groups in total. The number of hydrogen-bond donors (Lipinski definition) is 8. The molecule has 0 radical (unpaired) electrons. The van der Waals surface area contributed by atoms with Crippen molar-refractivity contribution in [1.82, 2.24) is 26.6 Å². The average molecular weight is 634 g/mol. The number of amides is 5. The Morgan fingerprint density at radius 2 is 1.29 bits per heavy atom. The molecule has 0 bridgehead atoms. The van der Waals surface area contributed by atoms with Crippen LogP contribution in [0.5, 0.6) is 0 Å². The molecule has 0 aliphatic carbocycles. The lowest BCUT2D eigenvalue weighted by Gasteiger charge is -2.25. The van der Waals surface area contributed by atoms with Gasteiger partial charge in [-0.3, -0.25) is 24.0 Å². The highest BCUT2D eigenvalue weighted by atomic mass is 16.4. The number of aliphatic carboxylic acids is 1. The summed E-state index contributed by atoms with van der Waals surface area (Å²) in [5, 5.41) is 22.2. The second kappa shape index (κ2) is 20.8. The van der Waals surface area contributed by atoms with Crippen LogP contribution in [0.15, 0.2) is 30.3 Å². The van der Waals surface area contributed by atoms with Crippen molar-refractivity contribution in [2.75, 3.05) is 19.6 Å². The fraction of sp³-hybridized carbons (Fsp3) is 0.613. The number of carboxylic acid groups (broad SMARTS) is 1. The van der Waals surface area contributed by atoms with Crippen molar-refractivity contribution in [3.05, 3.63) is 35.9 Å². The molecule has 0 saturated carbocycles. The van der Waals surface area contributed by atoms with Crippen LogP contribution in [0.3, 0.4) is 0 Å². The second-order valence-corrected chi connectivity index (χ2v) is 11.9. The van der Waals surface area contributed by atoms with Crippen LogP contribution in [0.4, 0.5) is 0 Å². The van der Waals surface area contributed by atoms with Crippen molar-refractivity contribution in [2.24, 2.45) is 23.3 Å². The van der Waals surface area contributed by atoms with Gasteiger partial charge in [0, 0.05) is 6.42 Å². The van der Waals surface area contributed by atoms with E-state index in [0.717, 1.165) is 5.56 Å². The summed E-state index contributed by atoms with van der Waals surface area (Å²) in [6, 6.07) is 4.83. The predicted molar refractivity (Wildman–Crippen MR) is 169 cm³/mol. The lowest BCUT2D eigenvalue weighted by Crippen LogP contribution is -2.57. The summed E-state index contributed by atoms with van der Waals surface area (Å²) < 4.78 is 0. The SMILES string of the molecule is CC(C)C[C@H](NC(=O)[C@H](Cc1ccccc1)NC(=O)CNC(=O)CNC(=O)[C@@H](N)CC(C)C)C(=O)N[C@@H](CCCCN)C(=O)O. The molecule has 0 aliphatic rings. The quantitative estimate of drug-likeness (QED) is 0.0818. The highest BCUT2D eigenvalue weighted by Crippen LogP contribution is 2.10. The number of rotatable bonds is 21. The van der Waals surface area contributed by atoms with E-state index in [-0.39, 0.29) is 37.6 Å². The maximum atomic E-state index is 13.5. The number of carboxylic acids is 1. The van der Waals surface area contributed by atoms with E-state index < -0.39 is 66.2 Å². The molecule has 14 heteroatoms. The molecule has 1 rings (SSSR count). The zero-order chi connectivity index (χ0) is 33.9. The Morgan fingerprint density at radius 1 is 0.711 bits per heavy atom. The molecule has 0 unspecified atom stereocenters. The van der Waals surface area contributed by atoms with E-state index in [1.165, 1.54) is 0 Å². The van der Waals surface area contributed by atoms with Crippen molar-refractivity contribution in [1.29, 1.82) is 0 Å². The topological polar surface area (TPSA) is 235 Å². The molecule has 0 aliphatic heterocycles. The third kappa shape index (κ3) is 16.6. The van der Waals surface area contributed by atoms with Crippen LogP contribution >= 0.6 is 0 Å². The van der Waals surface area contributed by atoms with Gasteiger partial charge in [-0.15, -0.1) is 0 Å². The highest BCUT2D eigenvalue weighted by Gasteiger charge is 2.30. The minimum Gasteiger partial charge on any atom is -0.480 e. The smallest absolute Gasteiger partial charge is 0.326 e. The van der Waals surface area contributed by atoms with Crippen LogP contribution in [-0.2, 0) is 35.2 Å². The molecular formula is C31H51N7O7. The van der Waals surface area contributed by atoms with Gasteiger partial charge in [-0.2, -0.15) is 0 Å². The summed E-state index contributed by atoms with van der Waals surface area (Å²) in [6.07, 6.45) is 2.07. The number of nitrogens with one attached hydrogen (secondary N) is 5. The van der Waals surface area contributed by atoms with E-state index in [0.29, 0.717) is 25.8 Å². The molecule has 252 valence electrons. The summed E-state index contributed by atoms with van der Waals surface area (Å²) in [7, 11) is 0. The van der Waals surface area contributed by atoms with Crippen LogP contribution in [0.25, 0.3) is 0 Å². The molecule has 0 spiro atoms. The largest absolute Gasteiger partial charge is 0.480 e. The van der Waals surface area contributed by atoms with E-state index in [4.69, 9.17) is 11.5 Å². The Balaban J connectivity index is 2.93. The van der Waals surface area contributed by atoms with Gasteiger partial charge in [0.15, 0.2) is 0 Å². The first-order valence-corrected chi connectivity index (χ1v) is 15.4. The van der Waals surface area contributed by atoms with Gasteiger partial charge in [0.05, 0.1) is 19.1 Å². The van der Waals surface area contributed by atoms with Gasteiger partial charge in [0.2, 0.25) is 29.5 Å². The summed E-state index contributed by atoms with van der Waals surface area (Å²) >= 11 is 0. The van der Waals surface area contributed by atoms with Gasteiger partial charge in [-0.05, 0) is 56.0 Å². The Hall–Kier alpha value is -4.04. The Bertz CT molecular complexity index is 1110. The van der Waals surface area contributed by atoms with Crippen molar-refractivity contribution in [3.63, 3.8) is 0 Å². The third-order valence-corrected chi connectivity index (χ3v) is 6.77. The highest BCUT2D eigenvalue weighted by molar-refractivity contribution is 5.94. The number of hydrogen-bond acceptors (Lipinski definition) is 8. The van der Waals surface area contributed by atoms with Crippen LogP contribution in [0, 0.1) is 11.8 Å². The van der Waals surface area contributed by atoms with Gasteiger partial charge >= 0.3 is 5.97 Å². The molecule has 0 heterocycles. The molecule has 1 aromatic carbocycles. The van der Waals surface area contributed by atoms with Crippen molar-refractivity contribution >= 4 is 35.5 Å². The molecular weight excluding hydrogens is 582 g/mol. The Kier molecular flexibility index (Phi) is 18.0. The first-order chi connectivity index (χ1) is 21.2. The minimum absolute atomic E-state index is 0.0284. The normalized spacial score (nSPS) is 13.7. The van der Waals surface area contributed by atoms with Crippen LogP contribution in [0.2, 0.25) is 0 Å². The fourth-order valence-electron chi connectivity index (χ4n) is 4.46. The average Bonchev–Trinajstić information content (AvgIpc) is 2.97. The molecule has 45 heavy (non-hydrogen) atoms. The molecule has 1 aromatic rings. The van der Waals surface area contributed by atoms with E-state index in [2.05, 4.69) is 26.6 Å². The summed E-state index contributed by atoms with van der Waals surface area (Å²) in [4.78, 5) is 75.5. The molecule has 5 amide bonds. The molecule has 4 atom stereocenters. The molecule has 0 fully saturated rings. The first kappa shape index (κ1) is 39.0. The van der Waals surface area contributed by atoms with Crippen LogP contribution in [-0.4, -0.2) is 84.4 Å². The number of unbranched alkanes of at least 4 members (excludes halogenated alkanes) is 1. The fourth-order valence-corrected chi connectivity index (χ4v) is 4.46. The summed E-state index contributed by atoms with van der Waals surface area (Å²) in [5.74, 6) is -4.08. The Labute approximate surface area is 265 Å². The van der Waals surface area contributed by atoms with E-state index in [9.17, 15) is 33.9 Å². The lowest BCUT2D eigenvalue weighted by molar-refractivity contribution is -0.142. The third-order valence-electron chi connectivity index (χ3n) is 6.77. The van der Waals surface area contributed by atoms with Crippen LogP contribution < -0.4 is 38.1 Å². The summed E-state index contributed by atoms with van der Waals surface area (Å²) in [6.45, 7) is 7.11. The van der Waals surface area contributed by atoms with Gasteiger partial charge in [0.25, 0.3) is 0 Å². The minimum atomic E-state index is -1.19. The maximum absolute atomic E-state index is 13.5. The standard InChI is InChI=1S/C31H51N7O7/c1-19(2)14-22(33)28(41)35-17-26(39)34-18-27(40)36-25(16-21-10-6-5-7-11-21)30(43)38-24(15-20(3)4)29(42)37-23(31(44)45)12-8-9-13-32/h5-7,10-11,19-20,22-25H,8-9,12-18,32-33H2,1-4H3,(H,34,39)(H,35,41)(H,36,40)(H,37,42)(H,38,43)(H,44,45)/t22-,23-,24-,25-/m0/s1. The van der Waals surface area contributed by atoms with Gasteiger partial charge < -0.3 is 43.2 Å². The number of carbonyl (C=O) groups is 6. The number of nitrogens with two attached hydrogens (primary N) is 2. The van der Waals surface area contributed by atoms with Crippen molar-refractivity contribution in [3.8, 4) is 0 Å². The van der Waals surface area contributed by atoms with Crippen molar-refractivity contribution < 1.29 is 33.9 Å². The van der Waals surface area contributed by atoms with Gasteiger partial charge in [-0.1, -0.05) is 58.0 Å².